The topological polar surface area (TPSA) is 58.6 Å². The van der Waals surface area contributed by atoms with Crippen molar-refractivity contribution in [3.05, 3.63) is 68.8 Å². The SMILES string of the molecule is CN1C(=O)/C(=C/c2ccccc2OCc2ccc(I)cc2)C(=O)NC1=S. The smallest absolute Gasteiger partial charge is 0.265 e. The lowest BCUT2D eigenvalue weighted by Crippen LogP contribution is -2.52. The van der Waals surface area contributed by atoms with E-state index in [1.54, 1.807) is 12.1 Å². The van der Waals surface area contributed by atoms with Crippen molar-refractivity contribution in [2.75, 3.05) is 7.05 Å². The lowest BCUT2D eigenvalue weighted by Gasteiger charge is -2.25. The van der Waals surface area contributed by atoms with Crippen LogP contribution in [0.4, 0.5) is 0 Å². The molecule has 1 N–H and O–H groups in total. The zero-order chi connectivity index (χ0) is 18.7. The summed E-state index contributed by atoms with van der Waals surface area (Å²) in [5, 5.41) is 2.60. The maximum absolute atomic E-state index is 12.3. The monoisotopic (exact) mass is 478 g/mol. The normalized spacial score (nSPS) is 16.0. The molecule has 132 valence electrons. The van der Waals surface area contributed by atoms with Gasteiger partial charge in [0.15, 0.2) is 5.11 Å². The highest BCUT2D eigenvalue weighted by Crippen LogP contribution is 2.24. The van der Waals surface area contributed by atoms with E-state index in [1.165, 1.54) is 18.0 Å². The van der Waals surface area contributed by atoms with Crippen molar-refractivity contribution >= 4 is 57.8 Å². The number of carbonyl (C=O) groups is 2. The van der Waals surface area contributed by atoms with Gasteiger partial charge in [-0.25, -0.2) is 0 Å². The van der Waals surface area contributed by atoms with Crippen LogP contribution in [0.15, 0.2) is 54.1 Å². The van der Waals surface area contributed by atoms with Crippen LogP contribution in [-0.2, 0) is 16.2 Å². The van der Waals surface area contributed by atoms with Gasteiger partial charge in [0.1, 0.15) is 17.9 Å². The zero-order valence-electron chi connectivity index (χ0n) is 13.9. The summed E-state index contributed by atoms with van der Waals surface area (Å²) in [6.07, 6.45) is 1.53. The second kappa shape index (κ2) is 7.96. The molecule has 1 heterocycles. The van der Waals surface area contributed by atoms with E-state index in [1.807, 2.05) is 36.4 Å². The van der Waals surface area contributed by atoms with Crippen molar-refractivity contribution < 1.29 is 14.3 Å². The van der Waals surface area contributed by atoms with Crippen molar-refractivity contribution in [1.29, 1.82) is 0 Å². The minimum absolute atomic E-state index is 0.0198. The van der Waals surface area contributed by atoms with Crippen LogP contribution < -0.4 is 10.1 Å². The Morgan fingerprint density at radius 2 is 1.85 bits per heavy atom. The first-order valence-electron chi connectivity index (χ1n) is 7.77. The highest BCUT2D eigenvalue weighted by atomic mass is 127. The van der Waals surface area contributed by atoms with E-state index in [9.17, 15) is 9.59 Å². The van der Waals surface area contributed by atoms with Crippen molar-refractivity contribution in [1.82, 2.24) is 10.2 Å². The van der Waals surface area contributed by atoms with Crippen LogP contribution in [0, 0.1) is 3.57 Å². The third kappa shape index (κ3) is 4.10. The van der Waals surface area contributed by atoms with Crippen LogP contribution in [0.25, 0.3) is 6.08 Å². The number of benzene rings is 2. The highest BCUT2D eigenvalue weighted by Gasteiger charge is 2.30. The third-order valence-electron chi connectivity index (χ3n) is 3.83. The Hall–Kier alpha value is -2.26. The number of amides is 2. The van der Waals surface area contributed by atoms with E-state index in [0.29, 0.717) is 17.9 Å². The van der Waals surface area contributed by atoms with Crippen LogP contribution >= 0.6 is 34.8 Å². The maximum Gasteiger partial charge on any atom is 0.265 e. The molecule has 0 radical (unpaired) electrons. The van der Waals surface area contributed by atoms with Crippen LogP contribution in [0.2, 0.25) is 0 Å². The fourth-order valence-electron chi connectivity index (χ4n) is 2.37. The van der Waals surface area contributed by atoms with E-state index >= 15 is 0 Å². The summed E-state index contributed by atoms with van der Waals surface area (Å²) < 4.78 is 7.05. The van der Waals surface area contributed by atoms with Gasteiger partial charge in [0.25, 0.3) is 11.8 Å². The van der Waals surface area contributed by atoms with E-state index in [0.717, 1.165) is 9.13 Å². The summed E-state index contributed by atoms with van der Waals surface area (Å²) in [6.45, 7) is 0.390. The van der Waals surface area contributed by atoms with Crippen molar-refractivity contribution in [3.8, 4) is 5.75 Å². The molecule has 2 aromatic rings. The van der Waals surface area contributed by atoms with Crippen LogP contribution in [0.5, 0.6) is 5.75 Å². The Balaban J connectivity index is 1.85. The molecule has 0 saturated carbocycles. The Labute approximate surface area is 170 Å². The lowest BCUT2D eigenvalue weighted by atomic mass is 10.1. The number of carbonyl (C=O) groups excluding carboxylic acids is 2. The molecule has 0 aromatic heterocycles. The number of rotatable bonds is 4. The maximum atomic E-state index is 12.3. The predicted molar refractivity (Wildman–Crippen MR) is 111 cm³/mol. The second-order valence-corrected chi connectivity index (χ2v) is 7.27. The molecule has 1 aliphatic rings. The molecule has 7 heteroatoms. The number of nitrogens with zero attached hydrogens (tertiary/aromatic N) is 1. The van der Waals surface area contributed by atoms with Crippen molar-refractivity contribution in [3.63, 3.8) is 0 Å². The number of hydrogen-bond donors (Lipinski definition) is 1. The summed E-state index contributed by atoms with van der Waals surface area (Å²) in [7, 11) is 1.52. The van der Waals surface area contributed by atoms with Gasteiger partial charge in [-0.2, -0.15) is 0 Å². The van der Waals surface area contributed by atoms with Gasteiger partial charge in [0.2, 0.25) is 0 Å². The number of halogens is 1. The van der Waals surface area contributed by atoms with Crippen molar-refractivity contribution in [2.45, 2.75) is 6.61 Å². The first kappa shape index (κ1) is 18.5. The molecule has 0 spiro atoms. The van der Waals surface area contributed by atoms with Crippen molar-refractivity contribution in [2.24, 2.45) is 0 Å². The number of nitrogens with one attached hydrogen (secondary N) is 1. The molecule has 2 amide bonds. The summed E-state index contributed by atoms with van der Waals surface area (Å²) >= 11 is 7.20. The number of likely N-dealkylation sites (N-methyl/N-ethyl adjacent to an activating group) is 1. The zero-order valence-corrected chi connectivity index (χ0v) is 16.8. The van der Waals surface area contributed by atoms with Crippen LogP contribution in [-0.4, -0.2) is 28.9 Å². The van der Waals surface area contributed by atoms with Gasteiger partial charge in [-0.05, 0) is 64.6 Å². The molecule has 1 aliphatic heterocycles. The highest BCUT2D eigenvalue weighted by molar-refractivity contribution is 14.1. The molecule has 5 nitrogen and oxygen atoms in total. The van der Waals surface area contributed by atoms with Gasteiger partial charge in [0.05, 0.1) is 0 Å². The molecular weight excluding hydrogens is 463 g/mol. The third-order valence-corrected chi connectivity index (χ3v) is 4.93. The molecule has 0 unspecified atom stereocenters. The van der Waals surface area contributed by atoms with E-state index in [2.05, 4.69) is 27.9 Å². The molecular formula is C19H15IN2O3S. The quantitative estimate of drug-likeness (QED) is 0.318. The standard InChI is InChI=1S/C19H15IN2O3S/c1-22-18(24)15(17(23)21-19(22)26)10-13-4-2-3-5-16(13)25-11-12-6-8-14(20)9-7-12/h2-10H,11H2,1H3,(H,21,23,26)/b15-10+. The molecule has 0 bridgehead atoms. The van der Waals surface area contributed by atoms with E-state index < -0.39 is 11.8 Å². The average Bonchev–Trinajstić information content (AvgIpc) is 2.64. The van der Waals surface area contributed by atoms with Crippen LogP contribution in [0.1, 0.15) is 11.1 Å². The first-order valence-corrected chi connectivity index (χ1v) is 9.26. The fourth-order valence-corrected chi connectivity index (χ4v) is 2.91. The van der Waals surface area contributed by atoms with E-state index in [-0.39, 0.29) is 10.7 Å². The minimum atomic E-state index is -0.509. The van der Waals surface area contributed by atoms with Gasteiger partial charge in [-0.3, -0.25) is 19.8 Å². The van der Waals surface area contributed by atoms with Gasteiger partial charge in [-0.15, -0.1) is 0 Å². The number of para-hydroxylation sites is 1. The summed E-state index contributed by atoms with van der Waals surface area (Å²) in [4.78, 5) is 25.7. The Kier molecular flexibility index (Phi) is 5.67. The molecule has 26 heavy (non-hydrogen) atoms. The van der Waals surface area contributed by atoms with Gasteiger partial charge < -0.3 is 4.74 Å². The average molecular weight is 478 g/mol. The molecule has 1 saturated heterocycles. The lowest BCUT2D eigenvalue weighted by molar-refractivity contribution is -0.128. The predicted octanol–water partition coefficient (Wildman–Crippen LogP) is 3.13. The largest absolute Gasteiger partial charge is 0.488 e. The first-order chi connectivity index (χ1) is 12.5. The Morgan fingerprint density at radius 3 is 2.58 bits per heavy atom. The number of ether oxygens (including phenoxy) is 1. The van der Waals surface area contributed by atoms with Gasteiger partial charge in [-0.1, -0.05) is 30.3 Å². The minimum Gasteiger partial charge on any atom is -0.488 e. The second-order valence-electron chi connectivity index (χ2n) is 5.63. The molecule has 0 atom stereocenters. The Bertz CT molecular complexity index is 909. The molecule has 3 rings (SSSR count). The Morgan fingerprint density at radius 1 is 1.15 bits per heavy atom. The molecule has 0 aliphatic carbocycles. The van der Waals surface area contributed by atoms with Gasteiger partial charge in [0, 0.05) is 16.2 Å². The van der Waals surface area contributed by atoms with Crippen LogP contribution in [0.3, 0.4) is 0 Å². The molecule has 2 aromatic carbocycles. The summed E-state index contributed by atoms with van der Waals surface area (Å²) in [5.74, 6) is -0.355. The summed E-state index contributed by atoms with van der Waals surface area (Å²) in [5.41, 5.74) is 1.70. The van der Waals surface area contributed by atoms with E-state index in [4.69, 9.17) is 17.0 Å². The number of thiocarbonyl (C=S) groups is 1. The summed E-state index contributed by atoms with van der Waals surface area (Å²) in [6, 6.07) is 15.3. The molecule has 1 fully saturated rings. The number of hydrogen-bond acceptors (Lipinski definition) is 4. The van der Waals surface area contributed by atoms with Gasteiger partial charge >= 0.3 is 0 Å². The fraction of sp³-hybridized carbons (Fsp3) is 0.105.